The van der Waals surface area contributed by atoms with Crippen molar-refractivity contribution < 1.29 is 105 Å². The van der Waals surface area contributed by atoms with E-state index in [2.05, 4.69) is 132 Å². The number of quaternary nitrogens is 4. The summed E-state index contributed by atoms with van der Waals surface area (Å²) in [7, 11) is 0. The van der Waals surface area contributed by atoms with Gasteiger partial charge in [-0.05, 0) is 182 Å². The van der Waals surface area contributed by atoms with Crippen LogP contribution in [0.15, 0.2) is 60.8 Å². The van der Waals surface area contributed by atoms with Gasteiger partial charge in [-0.15, -0.1) is 0 Å². The smallest absolute Gasteiger partial charge is 0.159 e. The summed E-state index contributed by atoms with van der Waals surface area (Å²) in [5, 5.41) is 0.981. The first-order chi connectivity index (χ1) is 34.0. The second-order valence-electron chi connectivity index (χ2n) is 20.1. The van der Waals surface area contributed by atoms with E-state index in [1.165, 1.54) is 105 Å². The Morgan fingerprint density at radius 1 is 0.365 bits per heavy atom. The number of benzene rings is 2. The Bertz CT molecular complexity index is 1820. The SMILES string of the molecule is CC[N+](CC)(CC)CCCCOc1cc(OCCCC[N+](CC)(CC)CC)cc(-c2cc3cccnc3nc2-c2cc(OCCCC[N+](CC)(CC)CC)cc(OCCCC[N+](CC)(CC)CC)c2)c1.[Br-].[Br-].[Br-].[Br-]. The summed E-state index contributed by atoms with van der Waals surface area (Å²) < 4.78 is 31.2. The Morgan fingerprint density at radius 3 is 0.959 bits per heavy atom. The molecule has 0 N–H and O–H groups in total. The molecule has 0 saturated carbocycles. The molecule has 10 nitrogen and oxygen atoms in total. The molecule has 0 atom stereocenters. The maximum Gasteiger partial charge on any atom is 0.159 e. The second kappa shape index (κ2) is 37.7. The highest BCUT2D eigenvalue weighted by Crippen LogP contribution is 2.40. The van der Waals surface area contributed by atoms with Crippen LogP contribution in [0, 0.1) is 0 Å². The lowest BCUT2D eigenvalue weighted by atomic mass is 9.97. The van der Waals surface area contributed by atoms with Crippen LogP contribution >= 0.6 is 0 Å². The van der Waals surface area contributed by atoms with Gasteiger partial charge in [0, 0.05) is 34.8 Å². The summed E-state index contributed by atoms with van der Waals surface area (Å²) in [5.74, 6) is 3.25. The molecule has 0 bridgehead atoms. The molecule has 4 rings (SSSR count). The molecule has 2 aromatic heterocycles. The predicted octanol–water partition coefficient (Wildman–Crippen LogP) is 1.12. The zero-order chi connectivity index (χ0) is 50.9. The van der Waals surface area contributed by atoms with Crippen molar-refractivity contribution in [3.05, 3.63) is 60.8 Å². The molecule has 2 aromatic carbocycles. The molecule has 424 valence electrons. The summed E-state index contributed by atoms with van der Waals surface area (Å²) >= 11 is 0. The number of aromatic nitrogens is 2. The Balaban J connectivity index is 0.0000133. The first kappa shape index (κ1) is 72.0. The summed E-state index contributed by atoms with van der Waals surface area (Å²) in [6.45, 7) is 49.2. The number of rotatable bonds is 38. The zero-order valence-electron chi connectivity index (χ0n) is 48.4. The van der Waals surface area contributed by atoms with E-state index in [0.717, 1.165) is 120 Å². The van der Waals surface area contributed by atoms with Gasteiger partial charge in [-0.1, -0.05) is 0 Å². The van der Waals surface area contributed by atoms with Crippen LogP contribution in [-0.2, 0) is 0 Å². The fourth-order valence-electron chi connectivity index (χ4n) is 10.8. The molecule has 0 aliphatic heterocycles. The number of ether oxygens (including phenoxy) is 4. The molecule has 74 heavy (non-hydrogen) atoms. The minimum Gasteiger partial charge on any atom is -1.00 e. The molecule has 2 heterocycles. The highest BCUT2D eigenvalue weighted by molar-refractivity contribution is 5.91. The van der Waals surface area contributed by atoms with E-state index in [4.69, 9.17) is 28.9 Å². The van der Waals surface area contributed by atoms with Gasteiger partial charge in [0.25, 0.3) is 0 Å². The van der Waals surface area contributed by atoms with Gasteiger partial charge in [-0.3, -0.25) is 0 Å². The van der Waals surface area contributed by atoms with Crippen LogP contribution in [0.1, 0.15) is 134 Å². The van der Waals surface area contributed by atoms with Crippen LogP contribution in [0.25, 0.3) is 33.4 Å². The summed E-state index contributed by atoms with van der Waals surface area (Å²) in [6, 6.07) is 19.1. The maximum absolute atomic E-state index is 6.66. The Kier molecular flexibility index (Phi) is 36.7. The zero-order valence-corrected chi connectivity index (χ0v) is 54.7. The molecular formula is C60H102Br4N6O4. The van der Waals surface area contributed by atoms with Gasteiger partial charge < -0.3 is 105 Å². The molecule has 0 radical (unpaired) electrons. The van der Waals surface area contributed by atoms with Gasteiger partial charge in [0.15, 0.2) is 5.65 Å². The van der Waals surface area contributed by atoms with Crippen molar-refractivity contribution in [1.82, 2.24) is 9.97 Å². The Labute approximate surface area is 494 Å². The number of hydrogen-bond acceptors (Lipinski definition) is 6. The molecule has 14 heteroatoms. The number of nitrogens with zero attached hydrogens (tertiary/aromatic N) is 6. The van der Waals surface area contributed by atoms with Crippen molar-refractivity contribution >= 4 is 11.0 Å². The largest absolute Gasteiger partial charge is 1.00 e. The lowest BCUT2D eigenvalue weighted by Crippen LogP contribution is -3.00. The Morgan fingerprint density at radius 2 is 0.662 bits per heavy atom. The van der Waals surface area contributed by atoms with Crippen molar-refractivity contribution in [2.45, 2.75) is 134 Å². The van der Waals surface area contributed by atoms with E-state index in [0.29, 0.717) is 32.1 Å². The van der Waals surface area contributed by atoms with Crippen LogP contribution in [-0.4, -0.2) is 159 Å². The third kappa shape index (κ3) is 21.3. The van der Waals surface area contributed by atoms with Gasteiger partial charge in [-0.25, -0.2) is 9.97 Å². The van der Waals surface area contributed by atoms with E-state index in [-0.39, 0.29) is 67.9 Å². The topological polar surface area (TPSA) is 62.7 Å². The lowest BCUT2D eigenvalue weighted by Gasteiger charge is -2.35. The normalized spacial score (nSPS) is 11.8. The lowest BCUT2D eigenvalue weighted by molar-refractivity contribution is -0.923. The third-order valence-corrected chi connectivity index (χ3v) is 17.2. The van der Waals surface area contributed by atoms with E-state index < -0.39 is 0 Å². The third-order valence-electron chi connectivity index (χ3n) is 17.2. The first-order valence-corrected chi connectivity index (χ1v) is 28.4. The molecule has 0 fully saturated rings. The molecule has 0 saturated heterocycles. The molecular weight excluding hydrogens is 1190 g/mol. The fourth-order valence-corrected chi connectivity index (χ4v) is 10.8. The van der Waals surface area contributed by atoms with Crippen molar-refractivity contribution in [1.29, 1.82) is 0 Å². The highest BCUT2D eigenvalue weighted by atomic mass is 79.9. The van der Waals surface area contributed by atoms with Crippen LogP contribution in [0.2, 0.25) is 0 Å². The average molecular weight is 1290 g/mol. The van der Waals surface area contributed by atoms with Gasteiger partial charge in [0.2, 0.25) is 0 Å². The standard InChI is InChI=1S/C60H102N6O4.4BrH/c1-13-63(14-2,15-3)36-25-29-40-67-54-44-52(45-55(49-54)68-41-30-26-37-64(16-4,17-5)18-6)58-48-51-34-33-35-61-60(51)62-59(58)53-46-56(69-42-31-27-38-65(19-7,20-8)21-9)50-57(47-53)70-43-32-28-39-66(22-10,23-11)24-12;;;;/h33-35,44-50H,13-32,36-43H2,1-12H3;4*1H/q+4;;;;/p-4. The Hall–Kier alpha value is -2.04. The number of halogens is 4. The van der Waals surface area contributed by atoms with Crippen molar-refractivity contribution in [2.75, 3.05) is 131 Å². The minimum absolute atomic E-state index is 0. The summed E-state index contributed by atoms with van der Waals surface area (Å²) in [5.41, 5.74) is 4.47. The van der Waals surface area contributed by atoms with Crippen LogP contribution in [0.3, 0.4) is 0 Å². The molecule has 0 unspecified atom stereocenters. The van der Waals surface area contributed by atoms with Gasteiger partial charge in [-0.2, -0.15) is 0 Å². The second-order valence-corrected chi connectivity index (χ2v) is 20.1. The van der Waals surface area contributed by atoms with Crippen LogP contribution < -0.4 is 86.9 Å². The van der Waals surface area contributed by atoms with E-state index in [1.807, 2.05) is 12.3 Å². The quantitative estimate of drug-likeness (QED) is 0.0497. The fraction of sp³-hybridized carbons (Fsp3) is 0.667. The van der Waals surface area contributed by atoms with E-state index in [1.54, 1.807) is 0 Å². The maximum atomic E-state index is 6.66. The van der Waals surface area contributed by atoms with Gasteiger partial charge in [0.1, 0.15) is 23.0 Å². The average Bonchev–Trinajstić information content (AvgIpc) is 3.40. The van der Waals surface area contributed by atoms with E-state index >= 15 is 0 Å². The predicted molar refractivity (Wildman–Crippen MR) is 296 cm³/mol. The van der Waals surface area contributed by atoms with Crippen molar-refractivity contribution in [3.63, 3.8) is 0 Å². The van der Waals surface area contributed by atoms with Crippen molar-refractivity contribution in [2.24, 2.45) is 0 Å². The van der Waals surface area contributed by atoms with Crippen LogP contribution in [0.4, 0.5) is 0 Å². The van der Waals surface area contributed by atoms with Gasteiger partial charge >= 0.3 is 0 Å². The van der Waals surface area contributed by atoms with Crippen LogP contribution in [0.5, 0.6) is 23.0 Å². The highest BCUT2D eigenvalue weighted by Gasteiger charge is 2.24. The van der Waals surface area contributed by atoms with Crippen molar-refractivity contribution in [3.8, 4) is 45.4 Å². The number of pyridine rings is 2. The molecule has 4 aromatic rings. The first-order valence-electron chi connectivity index (χ1n) is 28.4. The molecule has 0 spiro atoms. The number of unbranched alkanes of at least 4 members (excludes halogenated alkanes) is 4. The number of fused-ring (bicyclic) bond motifs is 1. The number of hydrogen-bond donors (Lipinski definition) is 0. The summed E-state index contributed by atoms with van der Waals surface area (Å²) in [6.07, 6.45) is 10.3. The molecule has 0 aliphatic rings. The molecule has 0 aliphatic carbocycles. The van der Waals surface area contributed by atoms with Gasteiger partial charge in [0.05, 0.1) is 137 Å². The molecule has 0 amide bonds. The monoisotopic (exact) mass is 1290 g/mol. The van der Waals surface area contributed by atoms with E-state index in [9.17, 15) is 0 Å². The minimum atomic E-state index is 0. The summed E-state index contributed by atoms with van der Waals surface area (Å²) in [4.78, 5) is 10.1.